The van der Waals surface area contributed by atoms with Gasteiger partial charge in [-0.15, -0.1) is 11.3 Å². The molecule has 12 heteroatoms. The number of sulfonamides is 1. The first-order valence-corrected chi connectivity index (χ1v) is 13.4. The molecule has 2 atom stereocenters. The second-order valence-corrected chi connectivity index (χ2v) is 11.0. The van der Waals surface area contributed by atoms with Crippen LogP contribution in [-0.4, -0.2) is 61.6 Å². The van der Waals surface area contributed by atoms with Crippen LogP contribution in [0.5, 0.6) is 0 Å². The van der Waals surface area contributed by atoms with Crippen LogP contribution < -0.4 is 4.72 Å². The van der Waals surface area contributed by atoms with Gasteiger partial charge in [0.05, 0.1) is 34.9 Å². The Morgan fingerprint density at radius 3 is 2.79 bits per heavy atom. The van der Waals surface area contributed by atoms with Crippen LogP contribution in [0.15, 0.2) is 63.0 Å². The number of aliphatic imine (C=N–C) groups is 1. The summed E-state index contributed by atoms with van der Waals surface area (Å²) in [5, 5.41) is 2.37. The van der Waals surface area contributed by atoms with E-state index in [1.54, 1.807) is 32.2 Å². The average Bonchev–Trinajstić information content (AvgIpc) is 3.45. The van der Waals surface area contributed by atoms with E-state index >= 15 is 0 Å². The summed E-state index contributed by atoms with van der Waals surface area (Å²) in [5.41, 5.74) is 0.979. The summed E-state index contributed by atoms with van der Waals surface area (Å²) in [6.07, 6.45) is 5.49. The second-order valence-electron chi connectivity index (χ2n) is 7.61. The molecule has 8 nitrogen and oxygen atoms in total. The minimum Gasteiger partial charge on any atom is -0.466 e. The van der Waals surface area contributed by atoms with E-state index in [1.807, 2.05) is 10.3 Å². The van der Waals surface area contributed by atoms with Gasteiger partial charge < -0.3 is 9.64 Å². The van der Waals surface area contributed by atoms with Crippen LogP contribution in [0.25, 0.3) is 0 Å². The van der Waals surface area contributed by atoms with Gasteiger partial charge in [-0.2, -0.15) is 0 Å². The first-order valence-electron chi connectivity index (χ1n) is 10.5. The number of hydrogen-bond donors (Lipinski definition) is 1. The second kappa shape index (κ2) is 10.9. The molecule has 0 aliphatic carbocycles. The molecular formula is C22H26ClFN4O4S2. The molecule has 1 saturated heterocycles. The summed E-state index contributed by atoms with van der Waals surface area (Å²) in [7, 11) is -2.24. The van der Waals surface area contributed by atoms with Gasteiger partial charge in [-0.1, -0.05) is 30.3 Å². The minimum absolute atomic E-state index is 0.0719. The van der Waals surface area contributed by atoms with E-state index in [0.29, 0.717) is 18.0 Å². The van der Waals surface area contributed by atoms with Crippen molar-refractivity contribution in [3.05, 3.63) is 63.0 Å². The summed E-state index contributed by atoms with van der Waals surface area (Å²) < 4.78 is 46.3. The molecule has 2 aliphatic rings. The lowest BCUT2D eigenvalue weighted by molar-refractivity contribution is -0.136. The smallest absolute Gasteiger partial charge is 0.338 e. The maximum Gasteiger partial charge on any atom is 0.338 e. The maximum atomic E-state index is 14.1. The third-order valence-electron chi connectivity index (χ3n) is 5.40. The van der Waals surface area contributed by atoms with Crippen LogP contribution in [0.3, 0.4) is 0 Å². The van der Waals surface area contributed by atoms with Crippen molar-refractivity contribution >= 4 is 44.8 Å². The number of nitrogens with zero attached hydrogens (tertiary/aromatic N) is 3. The largest absolute Gasteiger partial charge is 0.466 e. The summed E-state index contributed by atoms with van der Waals surface area (Å²) in [6, 6.07) is -1.45. The fraction of sp³-hybridized carbons (Fsp3) is 0.409. The van der Waals surface area contributed by atoms with Crippen molar-refractivity contribution in [1.29, 1.82) is 0 Å². The molecule has 34 heavy (non-hydrogen) atoms. The Morgan fingerprint density at radius 2 is 2.24 bits per heavy atom. The highest BCUT2D eigenvalue weighted by Crippen LogP contribution is 2.38. The number of rotatable bonds is 9. The van der Waals surface area contributed by atoms with Gasteiger partial charge in [-0.05, 0) is 13.8 Å². The zero-order valence-corrected chi connectivity index (χ0v) is 21.4. The van der Waals surface area contributed by atoms with Crippen molar-refractivity contribution in [2.24, 2.45) is 4.99 Å². The molecule has 1 aromatic heterocycles. The molecule has 2 aliphatic heterocycles. The number of thiazole rings is 1. The molecule has 1 N–H and O–H groups in total. The molecule has 1 aromatic rings. The zero-order valence-electron chi connectivity index (χ0n) is 19.0. The van der Waals surface area contributed by atoms with Gasteiger partial charge in [0.2, 0.25) is 10.0 Å². The van der Waals surface area contributed by atoms with E-state index in [4.69, 9.17) is 21.3 Å². The number of nitrogens with one attached hydrogen (secondary N) is 1. The van der Waals surface area contributed by atoms with Gasteiger partial charge in [-0.25, -0.2) is 27.3 Å². The number of hydrogen-bond acceptors (Lipinski definition) is 8. The van der Waals surface area contributed by atoms with Crippen LogP contribution in [0.4, 0.5) is 4.39 Å². The number of carbonyl (C=O) groups excluding carboxylic acids is 1. The standard InChI is InChI=1S/C22H26ClFN4O4S2/c1-5-7-15(20(23)13(3)24)21-19(22(29)32-4)16-10-14(27-34(30,31)6-2)12-28(16)17(26-21)11-18-25-8-9-33-18/h5,7-9,14,21,27H,3,6,10-12H2,1-2,4H3/b7-5-,20-15-/t14-,21-/m0/s1. The quantitative estimate of drug-likeness (QED) is 0.389. The van der Waals surface area contributed by atoms with E-state index in [1.165, 1.54) is 18.4 Å². The van der Waals surface area contributed by atoms with Gasteiger partial charge in [0.25, 0.3) is 0 Å². The van der Waals surface area contributed by atoms with Crippen LogP contribution in [0.2, 0.25) is 0 Å². The molecule has 0 bridgehead atoms. The highest BCUT2D eigenvalue weighted by atomic mass is 35.5. The Kier molecular flexibility index (Phi) is 8.45. The monoisotopic (exact) mass is 528 g/mol. The number of amidine groups is 1. The molecule has 184 valence electrons. The lowest BCUT2D eigenvalue weighted by atomic mass is 9.93. The van der Waals surface area contributed by atoms with Crippen LogP contribution in [-0.2, 0) is 26.0 Å². The maximum absolute atomic E-state index is 14.1. The van der Waals surface area contributed by atoms with E-state index in [2.05, 4.69) is 16.3 Å². The molecule has 3 heterocycles. The number of carbonyl (C=O) groups is 1. The SMILES string of the molecule is C=C(F)/C(Cl)=C(\C=C/C)[C@@H]1N=C(Cc2nccs2)N2C[C@@H](NS(=O)(=O)CC)CC2=C1C(=O)OC. The summed E-state index contributed by atoms with van der Waals surface area (Å²) >= 11 is 7.71. The molecule has 0 unspecified atom stereocenters. The van der Waals surface area contributed by atoms with Crippen LogP contribution in [0, 0.1) is 0 Å². The summed E-state index contributed by atoms with van der Waals surface area (Å²) in [6.45, 7) is 6.84. The Morgan fingerprint density at radius 1 is 1.50 bits per heavy atom. The molecule has 1 fully saturated rings. The Labute approximate surface area is 207 Å². The van der Waals surface area contributed by atoms with Crippen molar-refractivity contribution < 1.29 is 22.3 Å². The van der Waals surface area contributed by atoms with Crippen molar-refractivity contribution in [3.63, 3.8) is 0 Å². The van der Waals surface area contributed by atoms with E-state index in [0.717, 1.165) is 5.01 Å². The first kappa shape index (κ1) is 26.3. The molecule has 0 amide bonds. The predicted molar refractivity (Wildman–Crippen MR) is 132 cm³/mol. The number of fused-ring (bicyclic) bond motifs is 1. The minimum atomic E-state index is -3.49. The summed E-state index contributed by atoms with van der Waals surface area (Å²) in [5.74, 6) is -1.02. The highest BCUT2D eigenvalue weighted by Gasteiger charge is 2.42. The van der Waals surface area contributed by atoms with Crippen molar-refractivity contribution in [1.82, 2.24) is 14.6 Å². The first-order chi connectivity index (χ1) is 16.1. The number of esters is 1. The van der Waals surface area contributed by atoms with Gasteiger partial charge in [0.1, 0.15) is 17.7 Å². The fourth-order valence-corrected chi connectivity index (χ4v) is 5.53. The van der Waals surface area contributed by atoms with Gasteiger partial charge in [0, 0.05) is 41.9 Å². The van der Waals surface area contributed by atoms with Gasteiger partial charge in [0.15, 0.2) is 0 Å². The van der Waals surface area contributed by atoms with E-state index in [-0.39, 0.29) is 34.9 Å². The third-order valence-corrected chi connectivity index (χ3v) is 8.05. The number of ether oxygens (including phenoxy) is 1. The third kappa shape index (κ3) is 5.65. The molecule has 3 rings (SSSR count). The number of allylic oxidation sites excluding steroid dienone is 3. The number of aromatic nitrogens is 1. The Hall–Kier alpha value is -2.34. The van der Waals surface area contributed by atoms with Gasteiger partial charge in [-0.3, -0.25) is 4.99 Å². The molecule has 0 aromatic carbocycles. The molecule has 0 radical (unpaired) electrons. The molecule has 0 spiro atoms. The van der Waals surface area contributed by atoms with Gasteiger partial charge >= 0.3 is 5.97 Å². The number of methoxy groups -OCH3 is 1. The predicted octanol–water partition coefficient (Wildman–Crippen LogP) is 3.46. The van der Waals surface area contributed by atoms with Crippen LogP contribution >= 0.6 is 22.9 Å². The summed E-state index contributed by atoms with van der Waals surface area (Å²) in [4.78, 5) is 23.9. The lowest BCUT2D eigenvalue weighted by Gasteiger charge is -2.32. The van der Waals surface area contributed by atoms with Crippen molar-refractivity contribution in [2.45, 2.75) is 38.8 Å². The Balaban J connectivity index is 2.19. The van der Waals surface area contributed by atoms with E-state index < -0.39 is 33.9 Å². The normalized spacial score (nSPS) is 21.4. The number of halogens is 2. The zero-order chi connectivity index (χ0) is 25.0. The lowest BCUT2D eigenvalue weighted by Crippen LogP contribution is -2.41. The molecule has 0 saturated carbocycles. The fourth-order valence-electron chi connectivity index (χ4n) is 3.91. The highest BCUT2D eigenvalue weighted by molar-refractivity contribution is 7.89. The average molecular weight is 529 g/mol. The van der Waals surface area contributed by atoms with Crippen LogP contribution in [0.1, 0.15) is 25.3 Å². The molecular weight excluding hydrogens is 503 g/mol. The topological polar surface area (TPSA) is 101 Å². The van der Waals surface area contributed by atoms with Crippen molar-refractivity contribution in [3.8, 4) is 0 Å². The van der Waals surface area contributed by atoms with E-state index in [9.17, 15) is 17.6 Å². The van der Waals surface area contributed by atoms with Crippen molar-refractivity contribution in [2.75, 3.05) is 19.4 Å². The Bertz CT molecular complexity index is 1190.